The first-order valence-electron chi connectivity index (χ1n) is 5.18. The van der Waals surface area contributed by atoms with E-state index in [1.807, 2.05) is 0 Å². The van der Waals surface area contributed by atoms with Crippen molar-refractivity contribution in [1.82, 2.24) is 24.9 Å². The Kier molecular flexibility index (Phi) is 2.37. The molecule has 1 aliphatic heterocycles. The molecule has 0 aromatic carbocycles. The van der Waals surface area contributed by atoms with Gasteiger partial charge in [0.25, 0.3) is 5.89 Å². The normalized spacial score (nSPS) is 20.4. The van der Waals surface area contributed by atoms with E-state index in [4.69, 9.17) is 9.26 Å². The second kappa shape index (κ2) is 4.01. The van der Waals surface area contributed by atoms with Gasteiger partial charge in [0.2, 0.25) is 0 Å². The van der Waals surface area contributed by atoms with Gasteiger partial charge in [-0.25, -0.2) is 0 Å². The van der Waals surface area contributed by atoms with Gasteiger partial charge in [-0.3, -0.25) is 0 Å². The molecular formula is C9H11N5O2. The van der Waals surface area contributed by atoms with Crippen LogP contribution >= 0.6 is 0 Å². The van der Waals surface area contributed by atoms with E-state index < -0.39 is 0 Å². The summed E-state index contributed by atoms with van der Waals surface area (Å²) in [7, 11) is 0. The smallest absolute Gasteiger partial charge is 0.255 e. The van der Waals surface area contributed by atoms with Gasteiger partial charge in [-0.15, -0.1) is 10.2 Å². The van der Waals surface area contributed by atoms with Crippen molar-refractivity contribution in [2.24, 2.45) is 0 Å². The molecule has 3 heterocycles. The van der Waals surface area contributed by atoms with Gasteiger partial charge in [0.15, 0.2) is 5.82 Å². The molecule has 7 heteroatoms. The first-order chi connectivity index (χ1) is 7.92. The van der Waals surface area contributed by atoms with Crippen LogP contribution in [0.5, 0.6) is 0 Å². The molecular weight excluding hydrogens is 210 g/mol. The largest absolute Gasteiger partial charge is 0.368 e. The van der Waals surface area contributed by atoms with E-state index in [-0.39, 0.29) is 6.10 Å². The van der Waals surface area contributed by atoms with E-state index in [0.717, 1.165) is 19.4 Å². The van der Waals surface area contributed by atoms with Crippen molar-refractivity contribution in [3.05, 3.63) is 24.4 Å². The Hall–Kier alpha value is -1.76. The van der Waals surface area contributed by atoms with Gasteiger partial charge in [-0.2, -0.15) is 4.98 Å². The van der Waals surface area contributed by atoms with Gasteiger partial charge in [-0.05, 0) is 12.8 Å². The van der Waals surface area contributed by atoms with Crippen molar-refractivity contribution >= 4 is 0 Å². The molecule has 1 atom stereocenters. The quantitative estimate of drug-likeness (QED) is 0.753. The lowest BCUT2D eigenvalue weighted by Crippen LogP contribution is -2.00. The van der Waals surface area contributed by atoms with Crippen LogP contribution in [-0.4, -0.2) is 31.5 Å². The minimum absolute atomic E-state index is 0.0258. The third-order valence-corrected chi connectivity index (χ3v) is 2.48. The Bertz CT molecular complexity index is 446. The molecule has 84 valence electrons. The summed E-state index contributed by atoms with van der Waals surface area (Å²) in [5, 5.41) is 11.3. The molecule has 16 heavy (non-hydrogen) atoms. The standard InChI is InChI=1S/C9H11N5O2/c1-2-7(15-3-1)9-12-8(13-16-9)4-14-5-10-11-6-14/h5-7H,1-4H2/t7-/m0/s1. The summed E-state index contributed by atoms with van der Waals surface area (Å²) in [6, 6.07) is 0. The van der Waals surface area contributed by atoms with Gasteiger partial charge >= 0.3 is 0 Å². The fourth-order valence-corrected chi connectivity index (χ4v) is 1.70. The molecule has 0 N–H and O–H groups in total. The number of nitrogens with zero attached hydrogens (tertiary/aromatic N) is 5. The van der Waals surface area contributed by atoms with Crippen molar-refractivity contribution in [3.8, 4) is 0 Å². The maximum atomic E-state index is 5.46. The van der Waals surface area contributed by atoms with Gasteiger partial charge in [0.1, 0.15) is 18.8 Å². The molecule has 1 fully saturated rings. The van der Waals surface area contributed by atoms with Crippen LogP contribution in [0.1, 0.15) is 30.7 Å². The molecule has 0 unspecified atom stereocenters. The Morgan fingerprint density at radius 2 is 2.25 bits per heavy atom. The van der Waals surface area contributed by atoms with E-state index >= 15 is 0 Å². The van der Waals surface area contributed by atoms with Crippen LogP contribution in [0.25, 0.3) is 0 Å². The predicted molar refractivity (Wildman–Crippen MR) is 51.3 cm³/mol. The highest BCUT2D eigenvalue weighted by Gasteiger charge is 2.23. The molecule has 0 amide bonds. The second-order valence-corrected chi connectivity index (χ2v) is 3.68. The van der Waals surface area contributed by atoms with Crippen molar-refractivity contribution in [1.29, 1.82) is 0 Å². The molecule has 0 saturated carbocycles. The van der Waals surface area contributed by atoms with Crippen LogP contribution < -0.4 is 0 Å². The molecule has 7 nitrogen and oxygen atoms in total. The molecule has 2 aromatic heterocycles. The lowest BCUT2D eigenvalue weighted by Gasteiger charge is -2.00. The first-order valence-corrected chi connectivity index (χ1v) is 5.18. The number of hydrogen-bond donors (Lipinski definition) is 0. The molecule has 0 bridgehead atoms. The Morgan fingerprint density at radius 1 is 1.38 bits per heavy atom. The summed E-state index contributed by atoms with van der Waals surface area (Å²) < 4.78 is 12.4. The van der Waals surface area contributed by atoms with Gasteiger partial charge in [0.05, 0.1) is 6.54 Å². The van der Waals surface area contributed by atoms with Gasteiger partial charge < -0.3 is 13.8 Å². The lowest BCUT2D eigenvalue weighted by molar-refractivity contribution is 0.0835. The van der Waals surface area contributed by atoms with Crippen molar-refractivity contribution in [3.63, 3.8) is 0 Å². The number of hydrogen-bond acceptors (Lipinski definition) is 6. The highest BCUT2D eigenvalue weighted by Crippen LogP contribution is 2.26. The van der Waals surface area contributed by atoms with E-state index in [0.29, 0.717) is 18.3 Å². The highest BCUT2D eigenvalue weighted by molar-refractivity contribution is 4.92. The van der Waals surface area contributed by atoms with E-state index in [1.54, 1.807) is 17.2 Å². The van der Waals surface area contributed by atoms with Crippen LogP contribution in [0.3, 0.4) is 0 Å². The van der Waals surface area contributed by atoms with E-state index in [9.17, 15) is 0 Å². The number of ether oxygens (including phenoxy) is 1. The zero-order chi connectivity index (χ0) is 10.8. The predicted octanol–water partition coefficient (Wildman–Crippen LogP) is 0.561. The average molecular weight is 221 g/mol. The van der Waals surface area contributed by atoms with E-state index in [1.165, 1.54) is 0 Å². The van der Waals surface area contributed by atoms with Gasteiger partial charge in [0, 0.05) is 6.61 Å². The summed E-state index contributed by atoms with van der Waals surface area (Å²) >= 11 is 0. The fourth-order valence-electron chi connectivity index (χ4n) is 1.70. The summed E-state index contributed by atoms with van der Waals surface area (Å²) in [4.78, 5) is 4.29. The number of aromatic nitrogens is 5. The van der Waals surface area contributed by atoms with Crippen LogP contribution in [0.4, 0.5) is 0 Å². The maximum Gasteiger partial charge on any atom is 0.255 e. The van der Waals surface area contributed by atoms with Crippen LogP contribution in [0.15, 0.2) is 17.2 Å². The maximum absolute atomic E-state index is 5.46. The topological polar surface area (TPSA) is 78.9 Å². The summed E-state index contributed by atoms with van der Waals surface area (Å²) in [5.41, 5.74) is 0. The Morgan fingerprint density at radius 3 is 3.00 bits per heavy atom. The van der Waals surface area contributed by atoms with Crippen molar-refractivity contribution < 1.29 is 9.26 Å². The monoisotopic (exact) mass is 221 g/mol. The molecule has 0 aliphatic carbocycles. The zero-order valence-electron chi connectivity index (χ0n) is 8.61. The minimum atomic E-state index is -0.0258. The zero-order valence-corrected chi connectivity index (χ0v) is 8.61. The Balaban J connectivity index is 1.72. The van der Waals surface area contributed by atoms with Gasteiger partial charge in [-0.1, -0.05) is 5.16 Å². The number of rotatable bonds is 3. The van der Waals surface area contributed by atoms with E-state index in [2.05, 4.69) is 20.3 Å². The average Bonchev–Trinajstić information content (AvgIpc) is 2.99. The molecule has 0 spiro atoms. The van der Waals surface area contributed by atoms with Crippen LogP contribution in [0.2, 0.25) is 0 Å². The summed E-state index contributed by atoms with van der Waals surface area (Å²) in [6.45, 7) is 1.29. The summed E-state index contributed by atoms with van der Waals surface area (Å²) in [6.07, 6.45) is 5.20. The Labute approximate surface area is 91.4 Å². The first kappa shape index (κ1) is 9.46. The fraction of sp³-hybridized carbons (Fsp3) is 0.556. The molecule has 3 rings (SSSR count). The lowest BCUT2D eigenvalue weighted by atomic mass is 10.2. The van der Waals surface area contributed by atoms with Crippen molar-refractivity contribution in [2.75, 3.05) is 6.61 Å². The van der Waals surface area contributed by atoms with Crippen LogP contribution in [-0.2, 0) is 11.3 Å². The third-order valence-electron chi connectivity index (χ3n) is 2.48. The van der Waals surface area contributed by atoms with Crippen molar-refractivity contribution in [2.45, 2.75) is 25.5 Å². The summed E-state index contributed by atoms with van der Waals surface area (Å²) in [5.74, 6) is 1.19. The highest BCUT2D eigenvalue weighted by atomic mass is 16.5. The molecule has 1 aliphatic rings. The molecule has 2 aromatic rings. The molecule has 0 radical (unpaired) electrons. The SMILES string of the molecule is c1nncn1Cc1noc([C@@H]2CCCO2)n1. The third kappa shape index (κ3) is 1.81. The minimum Gasteiger partial charge on any atom is -0.368 e. The van der Waals surface area contributed by atoms with Crippen LogP contribution in [0, 0.1) is 0 Å². The molecule has 1 saturated heterocycles. The second-order valence-electron chi connectivity index (χ2n) is 3.68.